The van der Waals surface area contributed by atoms with Crippen molar-refractivity contribution in [2.24, 2.45) is 28.7 Å². The summed E-state index contributed by atoms with van der Waals surface area (Å²) in [5.41, 5.74) is -0.240. The lowest BCUT2D eigenvalue weighted by molar-refractivity contribution is -0.140. The van der Waals surface area contributed by atoms with Crippen LogP contribution in [0.4, 0.5) is 13.2 Å². The summed E-state index contributed by atoms with van der Waals surface area (Å²) in [6.45, 7) is 0.842. The highest BCUT2D eigenvalue weighted by Crippen LogP contribution is 2.52. The van der Waals surface area contributed by atoms with Crippen LogP contribution < -0.4 is 10.6 Å². The van der Waals surface area contributed by atoms with Gasteiger partial charge in [0.05, 0.1) is 23.9 Å². The Morgan fingerprint density at radius 2 is 1.70 bits per heavy atom. The number of alkyl halides is 3. The van der Waals surface area contributed by atoms with Gasteiger partial charge in [0.25, 0.3) is 0 Å². The molecule has 33 heavy (non-hydrogen) atoms. The Morgan fingerprint density at radius 1 is 1.09 bits per heavy atom. The fourth-order valence-electron chi connectivity index (χ4n) is 4.71. The van der Waals surface area contributed by atoms with Gasteiger partial charge in [0, 0.05) is 25.7 Å². The molecular weight excluding hydrogens is 548 g/mol. The van der Waals surface area contributed by atoms with E-state index in [4.69, 9.17) is 0 Å². The predicted molar refractivity (Wildman–Crippen MR) is 128 cm³/mol. The molecule has 2 fully saturated rings. The number of carbonyl (C=O) groups excluding carboxylic acids is 2. The summed E-state index contributed by atoms with van der Waals surface area (Å²) in [6, 6.07) is 4.64. The van der Waals surface area contributed by atoms with Crippen LogP contribution in [0.5, 0.6) is 0 Å². The number of amides is 2. The van der Waals surface area contributed by atoms with Gasteiger partial charge < -0.3 is 10.6 Å². The number of rotatable bonds is 4. The van der Waals surface area contributed by atoms with E-state index < -0.39 is 11.7 Å². The maximum absolute atomic E-state index is 12.7. The molecular formula is C23H24F3IN4O2. The van der Waals surface area contributed by atoms with E-state index in [0.717, 1.165) is 18.6 Å². The van der Waals surface area contributed by atoms with Gasteiger partial charge in [0.2, 0.25) is 11.8 Å². The smallest absolute Gasteiger partial charge is 0.355 e. The Labute approximate surface area is 207 Å². The third-order valence-electron chi connectivity index (χ3n) is 6.20. The molecule has 1 heterocycles. The van der Waals surface area contributed by atoms with Crippen molar-refractivity contribution in [1.29, 1.82) is 0 Å². The summed E-state index contributed by atoms with van der Waals surface area (Å²) in [5.74, 6) is 5.89. The van der Waals surface area contributed by atoms with Crippen molar-refractivity contribution in [2.75, 3.05) is 26.7 Å². The fraction of sp³-hybridized carbons (Fsp3) is 0.435. The minimum absolute atomic E-state index is 0. The first-order valence-electron chi connectivity index (χ1n) is 10.4. The maximum Gasteiger partial charge on any atom is 0.416 e. The van der Waals surface area contributed by atoms with Gasteiger partial charge in [-0.15, -0.1) is 24.0 Å². The number of halogens is 4. The van der Waals surface area contributed by atoms with Crippen LogP contribution in [-0.2, 0) is 15.8 Å². The van der Waals surface area contributed by atoms with E-state index in [1.165, 1.54) is 17.0 Å². The Balaban J connectivity index is 0.00000306. The lowest BCUT2D eigenvalue weighted by Gasteiger charge is -2.18. The highest BCUT2D eigenvalue weighted by atomic mass is 127. The first-order chi connectivity index (χ1) is 15.3. The normalized spacial score (nSPS) is 25.5. The molecule has 2 amide bonds. The van der Waals surface area contributed by atoms with Crippen molar-refractivity contribution < 1.29 is 22.8 Å². The highest BCUT2D eigenvalue weighted by Gasteiger charge is 2.58. The van der Waals surface area contributed by atoms with Gasteiger partial charge in [-0.05, 0) is 42.5 Å². The number of allylic oxidation sites excluding steroid dienone is 2. The lowest BCUT2D eigenvalue weighted by atomic mass is 9.85. The summed E-state index contributed by atoms with van der Waals surface area (Å²) in [4.78, 5) is 30.8. The summed E-state index contributed by atoms with van der Waals surface area (Å²) in [5, 5.41) is 6.02. The van der Waals surface area contributed by atoms with Crippen molar-refractivity contribution in [3.8, 4) is 11.8 Å². The molecule has 3 aliphatic rings. The van der Waals surface area contributed by atoms with Crippen molar-refractivity contribution in [3.05, 3.63) is 47.5 Å². The zero-order valence-corrected chi connectivity index (χ0v) is 20.2. The molecule has 2 bridgehead atoms. The van der Waals surface area contributed by atoms with Gasteiger partial charge in [-0.1, -0.05) is 24.0 Å². The summed E-state index contributed by atoms with van der Waals surface area (Å²) >= 11 is 0. The molecule has 1 saturated heterocycles. The Kier molecular flexibility index (Phi) is 7.72. The van der Waals surface area contributed by atoms with Crippen molar-refractivity contribution in [3.63, 3.8) is 0 Å². The number of likely N-dealkylation sites (tertiary alicyclic amines) is 1. The summed E-state index contributed by atoms with van der Waals surface area (Å²) in [6.07, 6.45) is 0.667. The molecule has 2 aliphatic carbocycles. The zero-order chi connectivity index (χ0) is 22.9. The minimum Gasteiger partial charge on any atom is -0.355 e. The van der Waals surface area contributed by atoms with Crippen LogP contribution in [0.15, 0.2) is 41.4 Å². The van der Waals surface area contributed by atoms with E-state index >= 15 is 0 Å². The van der Waals surface area contributed by atoms with Crippen LogP contribution in [0.2, 0.25) is 0 Å². The molecule has 2 N–H and O–H groups in total. The van der Waals surface area contributed by atoms with Crippen LogP contribution in [0.3, 0.4) is 0 Å². The summed E-state index contributed by atoms with van der Waals surface area (Å²) < 4.78 is 37.8. The molecule has 1 aliphatic heterocycles. The van der Waals surface area contributed by atoms with Crippen molar-refractivity contribution >= 4 is 41.8 Å². The van der Waals surface area contributed by atoms with E-state index in [1.807, 2.05) is 0 Å². The van der Waals surface area contributed by atoms with Gasteiger partial charge in [0.15, 0.2) is 5.96 Å². The number of hydrogen-bond acceptors (Lipinski definition) is 3. The molecule has 1 aromatic rings. The average Bonchev–Trinajstić information content (AvgIpc) is 3.44. The van der Waals surface area contributed by atoms with E-state index in [0.29, 0.717) is 18.1 Å². The third-order valence-corrected chi connectivity index (χ3v) is 6.20. The van der Waals surface area contributed by atoms with Crippen LogP contribution in [-0.4, -0.2) is 49.4 Å². The van der Waals surface area contributed by atoms with E-state index in [2.05, 4.69) is 39.6 Å². The molecule has 4 rings (SSSR count). The molecule has 4 unspecified atom stereocenters. The first-order valence-corrected chi connectivity index (χ1v) is 10.4. The van der Waals surface area contributed by atoms with Gasteiger partial charge in [0.1, 0.15) is 0 Å². The van der Waals surface area contributed by atoms with Crippen LogP contribution >= 0.6 is 24.0 Å². The Bertz CT molecular complexity index is 997. The van der Waals surface area contributed by atoms with Crippen LogP contribution in [0.1, 0.15) is 17.5 Å². The van der Waals surface area contributed by atoms with Crippen molar-refractivity contribution in [1.82, 2.24) is 15.5 Å². The second-order valence-electron chi connectivity index (χ2n) is 8.06. The quantitative estimate of drug-likeness (QED) is 0.145. The predicted octanol–water partition coefficient (Wildman–Crippen LogP) is 2.65. The largest absolute Gasteiger partial charge is 0.416 e. The van der Waals surface area contributed by atoms with E-state index in [9.17, 15) is 22.8 Å². The number of nitrogens with one attached hydrogen (secondary N) is 2. The van der Waals surface area contributed by atoms with Gasteiger partial charge in [-0.3, -0.25) is 19.5 Å². The van der Waals surface area contributed by atoms with Gasteiger partial charge in [-0.2, -0.15) is 13.2 Å². The number of fused-ring (bicyclic) bond motifs is 5. The van der Waals surface area contributed by atoms with E-state index in [-0.39, 0.29) is 72.6 Å². The standard InChI is InChI=1S/C23H23F3N4O2.HI/c1-27-22(28-10-2-3-14-4-8-17(9-5-14)23(24,25)26)29-11-12-30-20(31)18-15-6-7-16(13-15)19(18)21(30)32;/h4-9,15-16,18-19H,10-13H2,1H3,(H2,27,28,29);1H. The molecule has 1 aromatic carbocycles. The molecule has 10 heteroatoms. The SMILES string of the molecule is CN=C(NCC#Cc1ccc(C(F)(F)F)cc1)NCCN1C(=O)C2C3C=CC(C3)C2C1=O.I. The number of aliphatic imine (C=N–C) groups is 1. The molecule has 4 atom stereocenters. The minimum atomic E-state index is -4.37. The third kappa shape index (κ3) is 5.18. The number of imide groups is 1. The molecule has 176 valence electrons. The van der Waals surface area contributed by atoms with E-state index in [1.54, 1.807) is 7.05 Å². The number of carbonyl (C=O) groups is 2. The zero-order valence-electron chi connectivity index (χ0n) is 17.9. The number of benzene rings is 1. The van der Waals surface area contributed by atoms with Crippen molar-refractivity contribution in [2.45, 2.75) is 12.6 Å². The number of hydrogen-bond donors (Lipinski definition) is 2. The summed E-state index contributed by atoms with van der Waals surface area (Å²) in [7, 11) is 1.58. The number of nitrogens with zero attached hydrogens (tertiary/aromatic N) is 2. The van der Waals surface area contributed by atoms with Gasteiger partial charge >= 0.3 is 6.18 Å². The Morgan fingerprint density at radius 3 is 2.24 bits per heavy atom. The second kappa shape index (κ2) is 10.2. The van der Waals surface area contributed by atoms with Gasteiger partial charge in [-0.25, -0.2) is 0 Å². The number of guanidine groups is 1. The highest BCUT2D eigenvalue weighted by molar-refractivity contribution is 14.0. The molecule has 1 saturated carbocycles. The topological polar surface area (TPSA) is 73.8 Å². The molecule has 6 nitrogen and oxygen atoms in total. The first kappa shape index (κ1) is 25.1. The van der Waals surface area contributed by atoms with Crippen LogP contribution in [0.25, 0.3) is 0 Å². The molecule has 0 radical (unpaired) electrons. The fourth-order valence-corrected chi connectivity index (χ4v) is 4.71. The molecule has 0 aromatic heterocycles. The molecule has 0 spiro atoms. The maximum atomic E-state index is 12.7. The lowest BCUT2D eigenvalue weighted by Crippen LogP contribution is -2.43. The monoisotopic (exact) mass is 572 g/mol. The Hall–Kier alpha value is -2.55. The second-order valence-corrected chi connectivity index (χ2v) is 8.06. The average molecular weight is 572 g/mol. The van der Waals surface area contributed by atoms with Crippen LogP contribution in [0, 0.1) is 35.5 Å².